The van der Waals surface area contributed by atoms with Crippen LogP contribution in [0.1, 0.15) is 28.8 Å². The second-order valence-corrected chi connectivity index (χ2v) is 4.43. The number of aromatic nitrogens is 5. The predicted octanol–water partition coefficient (Wildman–Crippen LogP) is -0.0875. The maximum absolute atomic E-state index is 5.67. The molecule has 0 aliphatic rings. The van der Waals surface area contributed by atoms with E-state index in [0.29, 0.717) is 6.42 Å². The number of nitrogens with zero attached hydrogens (tertiary/aromatic N) is 5. The zero-order valence-electron chi connectivity index (χ0n) is 11.2. The van der Waals surface area contributed by atoms with Gasteiger partial charge in [0, 0.05) is 31.8 Å². The van der Waals surface area contributed by atoms with Gasteiger partial charge in [-0.05, 0) is 13.8 Å². The van der Waals surface area contributed by atoms with Crippen molar-refractivity contribution in [1.29, 1.82) is 0 Å². The molecule has 0 saturated carbocycles. The fourth-order valence-electron chi connectivity index (χ4n) is 2.23. The first-order valence-electron chi connectivity index (χ1n) is 5.83. The third kappa shape index (κ3) is 2.14. The summed E-state index contributed by atoms with van der Waals surface area (Å²) in [5.41, 5.74) is 6.07. The molecule has 1 atom stereocenters. The van der Waals surface area contributed by atoms with E-state index >= 15 is 0 Å². The minimum Gasteiger partial charge on any atom is -0.272 e. The Bertz CT molecular complexity index is 540. The Hall–Kier alpha value is -1.73. The Balaban J connectivity index is 2.31. The van der Waals surface area contributed by atoms with Crippen LogP contribution in [0.2, 0.25) is 0 Å². The number of nitrogens with two attached hydrogens (primary N) is 1. The fourth-order valence-corrected chi connectivity index (χ4v) is 2.23. The average Bonchev–Trinajstić information content (AvgIpc) is 2.83. The van der Waals surface area contributed by atoms with Crippen molar-refractivity contribution >= 4 is 0 Å². The third-order valence-corrected chi connectivity index (χ3v) is 3.31. The van der Waals surface area contributed by atoms with Gasteiger partial charge in [0.2, 0.25) is 0 Å². The molecule has 2 heterocycles. The van der Waals surface area contributed by atoms with E-state index in [0.717, 1.165) is 22.8 Å². The molecular formula is C11H19N7. The number of hydrazine groups is 1. The van der Waals surface area contributed by atoms with Gasteiger partial charge in [-0.15, -0.1) is 0 Å². The predicted molar refractivity (Wildman–Crippen MR) is 67.5 cm³/mol. The van der Waals surface area contributed by atoms with E-state index in [1.807, 2.05) is 32.6 Å². The van der Waals surface area contributed by atoms with Crippen molar-refractivity contribution in [3.8, 4) is 0 Å². The quantitative estimate of drug-likeness (QED) is 0.584. The molecular weight excluding hydrogens is 230 g/mol. The van der Waals surface area contributed by atoms with Crippen molar-refractivity contribution in [2.24, 2.45) is 19.9 Å². The molecule has 0 aliphatic heterocycles. The van der Waals surface area contributed by atoms with Crippen LogP contribution in [-0.2, 0) is 20.5 Å². The molecule has 1 unspecified atom stereocenters. The molecule has 0 spiro atoms. The Morgan fingerprint density at radius 3 is 2.50 bits per heavy atom. The van der Waals surface area contributed by atoms with Crippen LogP contribution >= 0.6 is 0 Å². The maximum Gasteiger partial charge on any atom is 0.138 e. The molecule has 7 nitrogen and oxygen atoms in total. The van der Waals surface area contributed by atoms with Gasteiger partial charge >= 0.3 is 0 Å². The Morgan fingerprint density at radius 1 is 1.33 bits per heavy atom. The van der Waals surface area contributed by atoms with Crippen LogP contribution in [0, 0.1) is 13.8 Å². The van der Waals surface area contributed by atoms with Crippen LogP contribution in [0.4, 0.5) is 0 Å². The number of hydrogen-bond acceptors (Lipinski definition) is 5. The largest absolute Gasteiger partial charge is 0.272 e. The average molecular weight is 249 g/mol. The molecule has 18 heavy (non-hydrogen) atoms. The Kier molecular flexibility index (Phi) is 3.44. The summed E-state index contributed by atoms with van der Waals surface area (Å²) in [7, 11) is 3.81. The van der Waals surface area contributed by atoms with Gasteiger partial charge in [0.25, 0.3) is 0 Å². The van der Waals surface area contributed by atoms with Crippen molar-refractivity contribution in [1.82, 2.24) is 30.0 Å². The Morgan fingerprint density at radius 2 is 2.06 bits per heavy atom. The highest BCUT2D eigenvalue weighted by atomic mass is 15.3. The second-order valence-electron chi connectivity index (χ2n) is 4.43. The molecule has 0 fully saturated rings. The summed E-state index contributed by atoms with van der Waals surface area (Å²) in [5.74, 6) is 6.56. The number of hydrogen-bond donors (Lipinski definition) is 2. The van der Waals surface area contributed by atoms with Gasteiger partial charge in [-0.25, -0.2) is 4.98 Å². The van der Waals surface area contributed by atoms with E-state index in [1.54, 1.807) is 11.0 Å². The molecule has 0 aliphatic carbocycles. The minimum atomic E-state index is -0.0124. The zero-order valence-corrected chi connectivity index (χ0v) is 11.2. The monoisotopic (exact) mass is 249 g/mol. The van der Waals surface area contributed by atoms with Crippen molar-refractivity contribution in [3.05, 3.63) is 29.1 Å². The highest BCUT2D eigenvalue weighted by Crippen LogP contribution is 2.23. The van der Waals surface area contributed by atoms with Crippen LogP contribution in [-0.4, -0.2) is 24.5 Å². The van der Waals surface area contributed by atoms with Crippen LogP contribution in [0.5, 0.6) is 0 Å². The van der Waals surface area contributed by atoms with Crippen molar-refractivity contribution in [2.75, 3.05) is 0 Å². The first kappa shape index (κ1) is 12.7. The van der Waals surface area contributed by atoms with Crippen LogP contribution in [0.15, 0.2) is 6.33 Å². The lowest BCUT2D eigenvalue weighted by molar-refractivity contribution is 0.518. The van der Waals surface area contributed by atoms with E-state index in [1.165, 1.54) is 0 Å². The van der Waals surface area contributed by atoms with Gasteiger partial charge in [0.05, 0.1) is 11.7 Å². The highest BCUT2D eigenvalue weighted by molar-refractivity contribution is 5.28. The topological polar surface area (TPSA) is 86.6 Å². The summed E-state index contributed by atoms with van der Waals surface area (Å²) >= 11 is 0. The molecule has 7 heteroatoms. The van der Waals surface area contributed by atoms with Gasteiger partial charge in [-0.2, -0.15) is 10.2 Å². The summed E-state index contributed by atoms with van der Waals surface area (Å²) in [5, 5.41) is 8.47. The summed E-state index contributed by atoms with van der Waals surface area (Å²) in [4.78, 5) is 4.22. The lowest BCUT2D eigenvalue weighted by Crippen LogP contribution is -2.31. The lowest BCUT2D eigenvalue weighted by atomic mass is 10.0. The highest BCUT2D eigenvalue weighted by Gasteiger charge is 2.21. The Labute approximate surface area is 106 Å². The molecule has 0 bridgehead atoms. The molecule has 3 N–H and O–H groups in total. The summed E-state index contributed by atoms with van der Waals surface area (Å²) in [6.45, 7) is 4.03. The summed E-state index contributed by atoms with van der Waals surface area (Å²) in [6, 6.07) is -0.0124. The van der Waals surface area contributed by atoms with E-state index in [4.69, 9.17) is 5.84 Å². The van der Waals surface area contributed by atoms with E-state index in [-0.39, 0.29) is 6.04 Å². The van der Waals surface area contributed by atoms with E-state index < -0.39 is 0 Å². The number of rotatable bonds is 4. The normalized spacial score (nSPS) is 12.9. The van der Waals surface area contributed by atoms with Crippen molar-refractivity contribution < 1.29 is 0 Å². The molecule has 2 aromatic heterocycles. The van der Waals surface area contributed by atoms with Crippen LogP contribution in [0.25, 0.3) is 0 Å². The third-order valence-electron chi connectivity index (χ3n) is 3.31. The summed E-state index contributed by atoms with van der Waals surface area (Å²) < 4.78 is 3.62. The van der Waals surface area contributed by atoms with Crippen LogP contribution in [0.3, 0.4) is 0 Å². The molecule has 98 valence electrons. The van der Waals surface area contributed by atoms with Gasteiger partial charge in [-0.3, -0.25) is 20.6 Å². The number of nitrogens with one attached hydrogen (secondary N) is 1. The van der Waals surface area contributed by atoms with Crippen LogP contribution < -0.4 is 11.3 Å². The molecule has 0 aromatic carbocycles. The van der Waals surface area contributed by atoms with Crippen molar-refractivity contribution in [2.45, 2.75) is 26.3 Å². The van der Waals surface area contributed by atoms with Gasteiger partial charge in [0.15, 0.2) is 0 Å². The number of aryl methyl sites for hydroxylation is 3. The molecule has 2 aromatic rings. The van der Waals surface area contributed by atoms with Gasteiger partial charge in [-0.1, -0.05) is 0 Å². The maximum atomic E-state index is 5.67. The van der Waals surface area contributed by atoms with Gasteiger partial charge in [0.1, 0.15) is 12.2 Å². The lowest BCUT2D eigenvalue weighted by Gasteiger charge is -2.16. The zero-order chi connectivity index (χ0) is 13.3. The van der Waals surface area contributed by atoms with E-state index in [9.17, 15) is 0 Å². The first-order valence-corrected chi connectivity index (χ1v) is 5.83. The second kappa shape index (κ2) is 4.87. The van der Waals surface area contributed by atoms with Gasteiger partial charge < -0.3 is 0 Å². The first-order chi connectivity index (χ1) is 8.54. The smallest absolute Gasteiger partial charge is 0.138 e. The fraction of sp³-hybridized carbons (Fsp3) is 0.545. The molecule has 0 saturated heterocycles. The standard InChI is InChI=1S/C11H19N7/c1-7-11(8(2)17(3)16-7)9(15-12)5-10-13-6-14-18(10)4/h6,9,15H,5,12H2,1-4H3. The summed E-state index contributed by atoms with van der Waals surface area (Å²) in [6.07, 6.45) is 2.23. The molecule has 0 radical (unpaired) electrons. The minimum absolute atomic E-state index is 0.0124. The SMILES string of the molecule is Cc1nn(C)c(C)c1C(Cc1ncnn1C)NN. The van der Waals surface area contributed by atoms with Crippen molar-refractivity contribution in [3.63, 3.8) is 0 Å². The molecule has 2 rings (SSSR count). The van der Waals surface area contributed by atoms with E-state index in [2.05, 4.69) is 20.6 Å². The molecule has 0 amide bonds.